The van der Waals surface area contributed by atoms with Gasteiger partial charge in [-0.15, -0.1) is 0 Å². The lowest BCUT2D eigenvalue weighted by molar-refractivity contribution is 0.0694. The highest BCUT2D eigenvalue weighted by Gasteiger charge is 2.14. The van der Waals surface area contributed by atoms with Gasteiger partial charge >= 0.3 is 5.97 Å². The number of nitrogen functional groups attached to an aromatic ring is 1. The van der Waals surface area contributed by atoms with Gasteiger partial charge in [0.05, 0.1) is 6.20 Å². The lowest BCUT2D eigenvalue weighted by atomic mass is 10.1. The molecule has 0 radical (unpaired) electrons. The van der Waals surface area contributed by atoms with Gasteiger partial charge in [-0.1, -0.05) is 25.1 Å². The number of hydrogen-bond donors (Lipinski definition) is 2. The third kappa shape index (κ3) is 2.82. The van der Waals surface area contributed by atoms with E-state index in [1.54, 1.807) is 6.07 Å². The van der Waals surface area contributed by atoms with Gasteiger partial charge in [0.25, 0.3) is 0 Å². The molecule has 0 saturated heterocycles. The van der Waals surface area contributed by atoms with Crippen LogP contribution in [-0.4, -0.2) is 16.1 Å². The summed E-state index contributed by atoms with van der Waals surface area (Å²) in [6.07, 6.45) is 2.12. The molecule has 0 amide bonds. The van der Waals surface area contributed by atoms with E-state index in [-0.39, 0.29) is 17.1 Å². The van der Waals surface area contributed by atoms with Gasteiger partial charge in [0.1, 0.15) is 17.1 Å². The van der Waals surface area contributed by atoms with Gasteiger partial charge in [-0.2, -0.15) is 0 Å². The maximum Gasteiger partial charge on any atom is 0.339 e. The maximum atomic E-state index is 11.2. The largest absolute Gasteiger partial charge is 0.478 e. The molecule has 2 aromatic rings. The number of anilines is 1. The Morgan fingerprint density at radius 1 is 1.37 bits per heavy atom. The minimum absolute atomic E-state index is 0.00148. The summed E-state index contributed by atoms with van der Waals surface area (Å²) in [6.45, 7) is 2.00. The fourth-order valence-corrected chi connectivity index (χ4v) is 1.72. The normalized spacial score (nSPS) is 10.2. The van der Waals surface area contributed by atoms with Crippen LogP contribution < -0.4 is 10.5 Å². The zero-order valence-corrected chi connectivity index (χ0v) is 10.5. The molecule has 0 fully saturated rings. The van der Waals surface area contributed by atoms with E-state index in [1.165, 1.54) is 12.3 Å². The number of ether oxygens (including phenoxy) is 1. The van der Waals surface area contributed by atoms with E-state index in [4.69, 9.17) is 15.6 Å². The monoisotopic (exact) mass is 258 g/mol. The third-order valence-electron chi connectivity index (χ3n) is 2.69. The highest BCUT2D eigenvalue weighted by atomic mass is 16.5. The van der Waals surface area contributed by atoms with Crippen LogP contribution in [0.25, 0.3) is 0 Å². The summed E-state index contributed by atoms with van der Waals surface area (Å²) in [5, 5.41) is 9.13. The molecule has 0 saturated carbocycles. The van der Waals surface area contributed by atoms with Gasteiger partial charge in [-0.3, -0.25) is 0 Å². The highest BCUT2D eigenvalue weighted by Crippen LogP contribution is 2.28. The number of nitrogens with zero attached hydrogens (tertiary/aromatic N) is 1. The van der Waals surface area contributed by atoms with Crippen LogP contribution in [0.15, 0.2) is 36.5 Å². The van der Waals surface area contributed by atoms with Gasteiger partial charge in [-0.05, 0) is 24.1 Å². The SMILES string of the molecule is CCc1ccccc1Oc1cnc(N)cc1C(=O)O. The van der Waals surface area contributed by atoms with Crippen LogP contribution >= 0.6 is 0 Å². The van der Waals surface area contributed by atoms with Crippen LogP contribution in [0.3, 0.4) is 0 Å². The Labute approximate surface area is 110 Å². The standard InChI is InChI=1S/C14H14N2O3/c1-2-9-5-3-4-6-11(9)19-12-8-16-13(15)7-10(12)14(17)18/h3-8H,2H2,1H3,(H2,15,16)(H,17,18). The molecule has 5 nitrogen and oxygen atoms in total. The number of para-hydroxylation sites is 1. The first kappa shape index (κ1) is 12.9. The Bertz CT molecular complexity index is 611. The first-order valence-electron chi connectivity index (χ1n) is 5.86. The molecule has 2 rings (SSSR count). The summed E-state index contributed by atoms with van der Waals surface area (Å²) < 4.78 is 5.65. The zero-order valence-electron chi connectivity index (χ0n) is 10.5. The van der Waals surface area contributed by atoms with Gasteiger partial charge in [0.15, 0.2) is 5.75 Å². The minimum atomic E-state index is -1.10. The Balaban J connectivity index is 2.41. The Morgan fingerprint density at radius 2 is 2.11 bits per heavy atom. The Morgan fingerprint density at radius 3 is 2.79 bits per heavy atom. The average molecular weight is 258 g/mol. The Kier molecular flexibility index (Phi) is 3.66. The number of carbonyl (C=O) groups is 1. The smallest absolute Gasteiger partial charge is 0.339 e. The first-order chi connectivity index (χ1) is 9.11. The number of rotatable bonds is 4. The molecule has 98 valence electrons. The van der Waals surface area contributed by atoms with E-state index in [9.17, 15) is 4.79 Å². The van der Waals surface area contributed by atoms with Gasteiger partial charge < -0.3 is 15.6 Å². The first-order valence-corrected chi connectivity index (χ1v) is 5.86. The van der Waals surface area contributed by atoms with Crippen molar-refractivity contribution in [3.63, 3.8) is 0 Å². The number of benzene rings is 1. The molecular weight excluding hydrogens is 244 g/mol. The molecule has 0 aliphatic rings. The molecular formula is C14H14N2O3. The molecule has 0 spiro atoms. The second kappa shape index (κ2) is 5.39. The van der Waals surface area contributed by atoms with Crippen LogP contribution in [0.4, 0.5) is 5.82 Å². The van der Waals surface area contributed by atoms with Crippen LogP contribution in [0.1, 0.15) is 22.8 Å². The summed E-state index contributed by atoms with van der Waals surface area (Å²) >= 11 is 0. The van der Waals surface area contributed by atoms with Crippen LogP contribution in [0, 0.1) is 0 Å². The second-order valence-electron chi connectivity index (χ2n) is 3.97. The second-order valence-corrected chi connectivity index (χ2v) is 3.97. The maximum absolute atomic E-state index is 11.2. The molecule has 0 aliphatic heterocycles. The van der Waals surface area contributed by atoms with Crippen molar-refractivity contribution in [3.05, 3.63) is 47.7 Å². The number of hydrogen-bond acceptors (Lipinski definition) is 4. The molecule has 19 heavy (non-hydrogen) atoms. The molecule has 0 atom stereocenters. The zero-order chi connectivity index (χ0) is 13.8. The molecule has 0 bridgehead atoms. The van der Waals surface area contributed by atoms with E-state index in [2.05, 4.69) is 4.98 Å². The van der Waals surface area contributed by atoms with Gasteiger partial charge in [0.2, 0.25) is 0 Å². The van der Waals surface area contributed by atoms with E-state index >= 15 is 0 Å². The fourth-order valence-electron chi connectivity index (χ4n) is 1.72. The summed E-state index contributed by atoms with van der Waals surface area (Å²) in [5.74, 6) is -0.145. The van der Waals surface area contributed by atoms with Crippen molar-refractivity contribution >= 4 is 11.8 Å². The van der Waals surface area contributed by atoms with Crippen molar-refractivity contribution in [2.75, 3.05) is 5.73 Å². The van der Waals surface area contributed by atoms with Crippen molar-refractivity contribution in [2.24, 2.45) is 0 Å². The number of carboxylic acid groups (broad SMARTS) is 1. The van der Waals surface area contributed by atoms with E-state index in [0.29, 0.717) is 5.75 Å². The van der Waals surface area contributed by atoms with Crippen molar-refractivity contribution in [1.29, 1.82) is 0 Å². The minimum Gasteiger partial charge on any atom is -0.478 e. The molecule has 1 aromatic heterocycles. The van der Waals surface area contributed by atoms with Crippen molar-refractivity contribution in [2.45, 2.75) is 13.3 Å². The number of aryl methyl sites for hydroxylation is 1. The Hall–Kier alpha value is -2.56. The number of aromatic nitrogens is 1. The lowest BCUT2D eigenvalue weighted by Gasteiger charge is -2.11. The predicted molar refractivity (Wildman–Crippen MR) is 71.5 cm³/mol. The summed E-state index contributed by atoms with van der Waals surface area (Å²) in [5.41, 5.74) is 6.48. The molecule has 0 unspecified atom stereocenters. The van der Waals surface area contributed by atoms with Gasteiger partial charge in [0, 0.05) is 0 Å². The third-order valence-corrected chi connectivity index (χ3v) is 2.69. The number of pyridine rings is 1. The van der Waals surface area contributed by atoms with Crippen LogP contribution in [0.5, 0.6) is 11.5 Å². The van der Waals surface area contributed by atoms with E-state index < -0.39 is 5.97 Å². The summed E-state index contributed by atoms with van der Waals surface area (Å²) in [6, 6.07) is 8.75. The lowest BCUT2D eigenvalue weighted by Crippen LogP contribution is -2.03. The molecule has 1 heterocycles. The van der Waals surface area contributed by atoms with Crippen molar-refractivity contribution in [1.82, 2.24) is 4.98 Å². The summed E-state index contributed by atoms with van der Waals surface area (Å²) in [4.78, 5) is 15.0. The van der Waals surface area contributed by atoms with E-state index in [1.807, 2.05) is 25.1 Å². The van der Waals surface area contributed by atoms with Crippen LogP contribution in [-0.2, 0) is 6.42 Å². The van der Waals surface area contributed by atoms with Crippen LogP contribution in [0.2, 0.25) is 0 Å². The average Bonchev–Trinajstić information content (AvgIpc) is 2.41. The molecule has 3 N–H and O–H groups in total. The van der Waals surface area contributed by atoms with Gasteiger partial charge in [-0.25, -0.2) is 9.78 Å². The fraction of sp³-hybridized carbons (Fsp3) is 0.143. The topological polar surface area (TPSA) is 85.4 Å². The molecule has 0 aliphatic carbocycles. The quantitative estimate of drug-likeness (QED) is 0.880. The van der Waals surface area contributed by atoms with Crippen molar-refractivity contribution < 1.29 is 14.6 Å². The number of nitrogens with two attached hydrogens (primary N) is 1. The highest BCUT2D eigenvalue weighted by molar-refractivity contribution is 5.91. The number of aromatic carboxylic acids is 1. The number of carboxylic acids is 1. The summed E-state index contributed by atoms with van der Waals surface area (Å²) in [7, 11) is 0. The molecule has 1 aromatic carbocycles. The predicted octanol–water partition coefficient (Wildman–Crippen LogP) is 2.72. The van der Waals surface area contributed by atoms with Crippen molar-refractivity contribution in [3.8, 4) is 11.5 Å². The molecule has 5 heteroatoms. The van der Waals surface area contributed by atoms with E-state index in [0.717, 1.165) is 12.0 Å².